The summed E-state index contributed by atoms with van der Waals surface area (Å²) in [5.41, 5.74) is -4.26. The van der Waals surface area contributed by atoms with Gasteiger partial charge in [-0.15, -0.1) is 0 Å². The average Bonchev–Trinajstić information content (AvgIpc) is 2.27. The molecule has 0 fully saturated rings. The van der Waals surface area contributed by atoms with Crippen LogP contribution in [-0.2, 0) is 19.1 Å². The van der Waals surface area contributed by atoms with Crippen molar-refractivity contribution in [1.82, 2.24) is 0 Å². The van der Waals surface area contributed by atoms with E-state index in [0.717, 1.165) is 6.07 Å². The molecular weight excluding hydrogens is 259 g/mol. The number of esters is 2. The van der Waals surface area contributed by atoms with Crippen molar-refractivity contribution in [2.45, 2.75) is 18.7 Å². The van der Waals surface area contributed by atoms with E-state index in [1.165, 1.54) is 6.92 Å². The number of methoxy groups -OCH3 is 1. The maximum absolute atomic E-state index is 12.7. The summed E-state index contributed by atoms with van der Waals surface area (Å²) in [6.07, 6.45) is -5.56. The lowest BCUT2D eigenvalue weighted by atomic mass is 9.87. The quantitative estimate of drug-likeness (QED) is 0.730. The number of ether oxygens (including phenoxy) is 2. The van der Waals surface area contributed by atoms with E-state index in [9.17, 15) is 27.9 Å². The lowest BCUT2D eigenvalue weighted by molar-refractivity contribution is -0.272. The summed E-state index contributed by atoms with van der Waals surface area (Å²) >= 11 is 0. The van der Waals surface area contributed by atoms with Gasteiger partial charge >= 0.3 is 18.1 Å². The van der Waals surface area contributed by atoms with E-state index < -0.39 is 29.6 Å². The summed E-state index contributed by atoms with van der Waals surface area (Å²) in [4.78, 5) is 22.2. The van der Waals surface area contributed by atoms with Crippen LogP contribution in [-0.4, -0.2) is 42.5 Å². The first kappa shape index (κ1) is 16.2. The molecule has 0 heterocycles. The zero-order valence-corrected chi connectivity index (χ0v) is 9.45. The second-order valence-electron chi connectivity index (χ2n) is 3.07. The number of hydrogen-bond donors (Lipinski definition) is 1. The largest absolute Gasteiger partial charge is 0.467 e. The number of nitrogens with zero attached hydrogens (tertiary/aromatic N) is 1. The number of aliphatic hydroxyl groups is 1. The first-order valence-electron chi connectivity index (χ1n) is 4.60. The Morgan fingerprint density at radius 2 is 1.94 bits per heavy atom. The number of rotatable bonds is 4. The lowest BCUT2D eigenvalue weighted by Gasteiger charge is -2.29. The van der Waals surface area contributed by atoms with Crippen LogP contribution in [0.3, 0.4) is 0 Å². The summed E-state index contributed by atoms with van der Waals surface area (Å²) in [6, 6.07) is 0.904. The van der Waals surface area contributed by atoms with Crippen LogP contribution in [0, 0.1) is 17.2 Å². The Bertz CT molecular complexity index is 375. The van der Waals surface area contributed by atoms with Crippen LogP contribution in [0.2, 0.25) is 0 Å². The smallest absolute Gasteiger partial charge is 0.430 e. The molecule has 0 radical (unpaired) electrons. The van der Waals surface area contributed by atoms with Crippen molar-refractivity contribution in [2.24, 2.45) is 5.92 Å². The first-order valence-corrected chi connectivity index (χ1v) is 4.60. The highest BCUT2D eigenvalue weighted by atomic mass is 19.4. The third-order valence-corrected chi connectivity index (χ3v) is 2.00. The number of nitriles is 1. The minimum absolute atomic E-state index is 0.313. The second-order valence-corrected chi connectivity index (χ2v) is 3.07. The molecule has 0 amide bonds. The van der Waals surface area contributed by atoms with Gasteiger partial charge in [-0.1, -0.05) is 0 Å². The predicted molar refractivity (Wildman–Crippen MR) is 48.8 cm³/mol. The fourth-order valence-electron chi connectivity index (χ4n) is 1.10. The molecule has 102 valence electrons. The monoisotopic (exact) mass is 269 g/mol. The Hall–Kier alpha value is -1.82. The predicted octanol–water partition coefficient (Wildman–Crippen LogP) is 0.156. The second kappa shape index (κ2) is 5.68. The van der Waals surface area contributed by atoms with E-state index in [1.807, 2.05) is 0 Å². The summed E-state index contributed by atoms with van der Waals surface area (Å²) in [5.74, 6) is -6.58. The number of hydrogen-bond acceptors (Lipinski definition) is 6. The molecule has 0 saturated carbocycles. The van der Waals surface area contributed by atoms with Gasteiger partial charge in [0.1, 0.15) is 0 Å². The Morgan fingerprint density at radius 3 is 2.22 bits per heavy atom. The lowest BCUT2D eigenvalue weighted by Crippen LogP contribution is -2.60. The van der Waals surface area contributed by atoms with E-state index in [-0.39, 0.29) is 6.61 Å². The van der Waals surface area contributed by atoms with Crippen LogP contribution in [0.15, 0.2) is 0 Å². The van der Waals surface area contributed by atoms with Crippen molar-refractivity contribution >= 4 is 11.9 Å². The molecule has 0 rings (SSSR count). The van der Waals surface area contributed by atoms with E-state index in [0.29, 0.717) is 7.11 Å². The van der Waals surface area contributed by atoms with Gasteiger partial charge in [0.05, 0.1) is 19.8 Å². The summed E-state index contributed by atoms with van der Waals surface area (Å²) in [5, 5.41) is 17.9. The molecule has 0 aromatic rings. The van der Waals surface area contributed by atoms with Crippen molar-refractivity contribution in [3.63, 3.8) is 0 Å². The number of carbonyl (C=O) groups excluding carboxylic acids is 2. The minimum atomic E-state index is -5.56. The third-order valence-electron chi connectivity index (χ3n) is 2.00. The minimum Gasteiger partial charge on any atom is -0.467 e. The van der Waals surface area contributed by atoms with Gasteiger partial charge in [0.25, 0.3) is 5.60 Å². The first-order chi connectivity index (χ1) is 8.16. The molecule has 18 heavy (non-hydrogen) atoms. The van der Waals surface area contributed by atoms with Crippen LogP contribution in [0.25, 0.3) is 0 Å². The zero-order chi connectivity index (χ0) is 14.6. The van der Waals surface area contributed by atoms with Gasteiger partial charge < -0.3 is 14.6 Å². The van der Waals surface area contributed by atoms with Crippen molar-refractivity contribution in [3.8, 4) is 6.07 Å². The summed E-state index contributed by atoms with van der Waals surface area (Å²) in [6.45, 7) is 0.975. The zero-order valence-electron chi connectivity index (χ0n) is 9.45. The molecule has 1 N–H and O–H groups in total. The Morgan fingerprint density at radius 1 is 1.44 bits per heavy atom. The van der Waals surface area contributed by atoms with Crippen LogP contribution < -0.4 is 0 Å². The molecule has 0 bridgehead atoms. The maximum Gasteiger partial charge on any atom is 0.430 e. The van der Waals surface area contributed by atoms with Crippen molar-refractivity contribution in [2.75, 3.05) is 13.7 Å². The topological polar surface area (TPSA) is 96.6 Å². The molecule has 0 aliphatic heterocycles. The van der Waals surface area contributed by atoms with Crippen LogP contribution >= 0.6 is 0 Å². The van der Waals surface area contributed by atoms with E-state index in [2.05, 4.69) is 9.47 Å². The fraction of sp³-hybridized carbons (Fsp3) is 0.667. The molecule has 0 aromatic heterocycles. The summed E-state index contributed by atoms with van der Waals surface area (Å²) in [7, 11) is 0.582. The standard InChI is InChI=1S/C9H10F3NO5/c1-3-18-6(14)5(4-13)8(16,7(15)17-2)9(10,11)12/h5,16H,3H2,1-2H3/t5-,8+/m1/s1. The molecule has 0 spiro atoms. The molecule has 6 nitrogen and oxygen atoms in total. The Labute approximate surface area is 99.9 Å². The highest BCUT2D eigenvalue weighted by molar-refractivity contribution is 5.90. The molecule has 9 heteroatoms. The Kier molecular flexibility index (Phi) is 5.11. The SMILES string of the molecule is CCOC(=O)[C@@H](C#N)[C@](O)(C(=O)OC)C(F)(F)F. The van der Waals surface area contributed by atoms with Crippen molar-refractivity contribution in [1.29, 1.82) is 5.26 Å². The third kappa shape index (κ3) is 2.70. The van der Waals surface area contributed by atoms with Gasteiger partial charge in [-0.05, 0) is 6.92 Å². The molecule has 0 aliphatic rings. The molecule has 0 aromatic carbocycles. The van der Waals surface area contributed by atoms with Gasteiger partial charge in [-0.25, -0.2) is 4.79 Å². The van der Waals surface area contributed by atoms with Crippen molar-refractivity contribution < 1.29 is 37.3 Å². The van der Waals surface area contributed by atoms with Crippen LogP contribution in [0.4, 0.5) is 13.2 Å². The maximum atomic E-state index is 12.7. The van der Waals surface area contributed by atoms with Crippen LogP contribution in [0.5, 0.6) is 0 Å². The van der Waals surface area contributed by atoms with E-state index in [4.69, 9.17) is 5.26 Å². The van der Waals surface area contributed by atoms with Crippen LogP contribution in [0.1, 0.15) is 6.92 Å². The number of halogens is 3. The fourth-order valence-corrected chi connectivity index (χ4v) is 1.10. The van der Waals surface area contributed by atoms with Gasteiger partial charge in [-0.2, -0.15) is 18.4 Å². The normalized spacial score (nSPS) is 16.1. The molecule has 0 aliphatic carbocycles. The highest BCUT2D eigenvalue weighted by Crippen LogP contribution is 2.37. The van der Waals surface area contributed by atoms with Gasteiger partial charge in [0, 0.05) is 0 Å². The molecule has 0 unspecified atom stereocenters. The molecule has 2 atom stereocenters. The number of carbonyl (C=O) groups is 2. The van der Waals surface area contributed by atoms with E-state index >= 15 is 0 Å². The van der Waals surface area contributed by atoms with E-state index in [1.54, 1.807) is 0 Å². The molecule has 0 saturated heterocycles. The van der Waals surface area contributed by atoms with Crippen molar-refractivity contribution in [3.05, 3.63) is 0 Å². The number of alkyl halides is 3. The molecular formula is C9H10F3NO5. The summed E-state index contributed by atoms with van der Waals surface area (Å²) < 4.78 is 46.0. The highest BCUT2D eigenvalue weighted by Gasteiger charge is 2.68. The van der Waals surface area contributed by atoms with Gasteiger partial charge in [-0.3, -0.25) is 4.79 Å². The Balaban J connectivity index is 5.65. The van der Waals surface area contributed by atoms with Gasteiger partial charge in [0.2, 0.25) is 0 Å². The van der Waals surface area contributed by atoms with Gasteiger partial charge in [0.15, 0.2) is 5.92 Å². The average molecular weight is 269 g/mol.